The average Bonchev–Trinajstić information content (AvgIpc) is 2.67. The SMILES string of the molecule is CCOc1c(Br)cc(C(=O)NNC(=O)C(C)Sc2ccccc2)cc1OC. The largest absolute Gasteiger partial charge is 0.493 e. The molecule has 0 heterocycles. The summed E-state index contributed by atoms with van der Waals surface area (Å²) in [5.41, 5.74) is 5.20. The lowest BCUT2D eigenvalue weighted by atomic mass is 10.2. The Morgan fingerprint density at radius 3 is 2.52 bits per heavy atom. The number of carbonyl (C=O) groups excluding carboxylic acids is 2. The predicted molar refractivity (Wildman–Crippen MR) is 109 cm³/mol. The Hall–Kier alpha value is -2.19. The number of methoxy groups -OCH3 is 1. The number of benzene rings is 2. The van der Waals surface area contributed by atoms with Gasteiger partial charge in [0.05, 0.1) is 23.4 Å². The molecule has 0 fully saturated rings. The molecule has 0 aliphatic rings. The number of hydrogen-bond donors (Lipinski definition) is 2. The first-order chi connectivity index (χ1) is 13.0. The molecule has 0 saturated heterocycles. The number of hydrogen-bond acceptors (Lipinski definition) is 5. The van der Waals surface area contributed by atoms with Crippen molar-refractivity contribution in [3.8, 4) is 11.5 Å². The molecule has 2 aromatic rings. The Balaban J connectivity index is 1.98. The molecule has 8 heteroatoms. The summed E-state index contributed by atoms with van der Waals surface area (Å²) >= 11 is 4.78. The Bertz CT molecular complexity index is 802. The number of thioether (sulfide) groups is 1. The zero-order valence-electron chi connectivity index (χ0n) is 15.2. The van der Waals surface area contributed by atoms with Crippen LogP contribution in [0.25, 0.3) is 0 Å². The Labute approximate surface area is 171 Å². The molecule has 2 rings (SSSR count). The van der Waals surface area contributed by atoms with Crippen molar-refractivity contribution in [3.63, 3.8) is 0 Å². The third-order valence-electron chi connectivity index (χ3n) is 3.50. The van der Waals surface area contributed by atoms with Gasteiger partial charge in [0.15, 0.2) is 11.5 Å². The normalized spacial score (nSPS) is 11.4. The molecule has 6 nitrogen and oxygen atoms in total. The van der Waals surface area contributed by atoms with Gasteiger partial charge in [0.25, 0.3) is 11.8 Å². The minimum absolute atomic E-state index is 0.297. The molecule has 0 saturated carbocycles. The van der Waals surface area contributed by atoms with Gasteiger partial charge < -0.3 is 9.47 Å². The third-order valence-corrected chi connectivity index (χ3v) is 5.21. The molecule has 2 amide bonds. The molecule has 2 N–H and O–H groups in total. The lowest BCUT2D eigenvalue weighted by molar-refractivity contribution is -0.121. The Kier molecular flexibility index (Phi) is 7.99. The molecule has 0 aliphatic carbocycles. The number of hydrazine groups is 1. The molecule has 27 heavy (non-hydrogen) atoms. The summed E-state index contributed by atoms with van der Waals surface area (Å²) in [5, 5.41) is -0.366. The van der Waals surface area contributed by atoms with Crippen LogP contribution in [0.2, 0.25) is 0 Å². The molecule has 2 aromatic carbocycles. The number of halogens is 1. The number of carbonyl (C=O) groups is 2. The van der Waals surface area contributed by atoms with Crippen molar-refractivity contribution >= 4 is 39.5 Å². The highest BCUT2D eigenvalue weighted by atomic mass is 79.9. The summed E-state index contributed by atoms with van der Waals surface area (Å²) in [4.78, 5) is 25.6. The van der Waals surface area contributed by atoms with Crippen molar-refractivity contribution in [3.05, 3.63) is 52.5 Å². The van der Waals surface area contributed by atoms with Gasteiger partial charge in [0.2, 0.25) is 0 Å². The maximum atomic E-state index is 12.4. The smallest absolute Gasteiger partial charge is 0.269 e. The Morgan fingerprint density at radius 2 is 1.89 bits per heavy atom. The van der Waals surface area contributed by atoms with Crippen LogP contribution in [-0.2, 0) is 4.79 Å². The highest BCUT2D eigenvalue weighted by molar-refractivity contribution is 9.10. The topological polar surface area (TPSA) is 76.7 Å². The van der Waals surface area contributed by atoms with E-state index in [1.54, 1.807) is 19.1 Å². The first-order valence-corrected chi connectivity index (χ1v) is 9.95. The first kappa shape index (κ1) is 21.1. The van der Waals surface area contributed by atoms with Crippen molar-refractivity contribution in [2.75, 3.05) is 13.7 Å². The van der Waals surface area contributed by atoms with Crippen LogP contribution in [0.1, 0.15) is 24.2 Å². The van der Waals surface area contributed by atoms with E-state index in [-0.39, 0.29) is 11.2 Å². The summed E-state index contributed by atoms with van der Waals surface area (Å²) in [6, 6.07) is 12.8. The van der Waals surface area contributed by atoms with Gasteiger partial charge in [-0.25, -0.2) is 0 Å². The average molecular weight is 453 g/mol. The fourth-order valence-electron chi connectivity index (χ4n) is 2.18. The molecule has 1 atom stereocenters. The van der Waals surface area contributed by atoms with Crippen molar-refractivity contribution in [1.29, 1.82) is 0 Å². The molecule has 144 valence electrons. The molecule has 1 unspecified atom stereocenters. The van der Waals surface area contributed by atoms with E-state index in [9.17, 15) is 9.59 Å². The van der Waals surface area contributed by atoms with E-state index >= 15 is 0 Å². The van der Waals surface area contributed by atoms with Gasteiger partial charge in [-0.15, -0.1) is 11.8 Å². The molecular formula is C19H21BrN2O4S. The van der Waals surface area contributed by atoms with Crippen LogP contribution in [0.3, 0.4) is 0 Å². The molecular weight excluding hydrogens is 432 g/mol. The van der Waals surface area contributed by atoms with Crippen molar-refractivity contribution in [2.24, 2.45) is 0 Å². The van der Waals surface area contributed by atoms with E-state index in [0.717, 1.165) is 4.90 Å². The van der Waals surface area contributed by atoms with E-state index in [4.69, 9.17) is 9.47 Å². The summed E-state index contributed by atoms with van der Waals surface area (Å²) < 4.78 is 11.4. The van der Waals surface area contributed by atoms with Crippen molar-refractivity contribution in [2.45, 2.75) is 24.0 Å². The minimum Gasteiger partial charge on any atom is -0.493 e. The lowest BCUT2D eigenvalue weighted by Crippen LogP contribution is -2.44. The second-order valence-electron chi connectivity index (χ2n) is 5.44. The van der Waals surface area contributed by atoms with Crippen LogP contribution >= 0.6 is 27.7 Å². The van der Waals surface area contributed by atoms with E-state index in [1.807, 2.05) is 37.3 Å². The molecule has 0 aromatic heterocycles. The van der Waals surface area contributed by atoms with Gasteiger partial charge in [0.1, 0.15) is 0 Å². The Morgan fingerprint density at radius 1 is 1.19 bits per heavy atom. The lowest BCUT2D eigenvalue weighted by Gasteiger charge is -2.15. The van der Waals surface area contributed by atoms with Gasteiger partial charge in [0, 0.05) is 10.5 Å². The van der Waals surface area contributed by atoms with E-state index in [0.29, 0.717) is 28.1 Å². The van der Waals surface area contributed by atoms with E-state index in [2.05, 4.69) is 26.8 Å². The first-order valence-electron chi connectivity index (χ1n) is 8.28. The van der Waals surface area contributed by atoms with Crippen LogP contribution in [0.5, 0.6) is 11.5 Å². The number of amides is 2. The van der Waals surface area contributed by atoms with Gasteiger partial charge in [-0.1, -0.05) is 18.2 Å². The maximum Gasteiger partial charge on any atom is 0.269 e. The monoisotopic (exact) mass is 452 g/mol. The van der Waals surface area contributed by atoms with Gasteiger partial charge >= 0.3 is 0 Å². The van der Waals surface area contributed by atoms with Crippen LogP contribution in [0.15, 0.2) is 51.8 Å². The number of ether oxygens (including phenoxy) is 2. The zero-order valence-corrected chi connectivity index (χ0v) is 17.6. The van der Waals surface area contributed by atoms with Gasteiger partial charge in [-0.3, -0.25) is 20.4 Å². The second kappa shape index (κ2) is 10.2. The maximum absolute atomic E-state index is 12.4. The summed E-state index contributed by atoms with van der Waals surface area (Å²) in [6.07, 6.45) is 0. The fraction of sp³-hybridized carbons (Fsp3) is 0.263. The summed E-state index contributed by atoms with van der Waals surface area (Å²) in [7, 11) is 1.50. The minimum atomic E-state index is -0.456. The van der Waals surface area contributed by atoms with E-state index in [1.165, 1.54) is 18.9 Å². The zero-order chi connectivity index (χ0) is 19.8. The highest BCUT2D eigenvalue weighted by Crippen LogP contribution is 2.36. The highest BCUT2D eigenvalue weighted by Gasteiger charge is 2.18. The standard InChI is InChI=1S/C19H21BrN2O4S/c1-4-26-17-15(20)10-13(11-16(17)25-3)19(24)22-21-18(23)12(2)27-14-8-6-5-7-9-14/h5-12H,4H2,1-3H3,(H,21,23)(H,22,24). The predicted octanol–water partition coefficient (Wildman–Crippen LogP) is 3.80. The summed E-state index contributed by atoms with van der Waals surface area (Å²) in [6.45, 7) is 4.10. The van der Waals surface area contributed by atoms with Crippen molar-refractivity contribution in [1.82, 2.24) is 10.9 Å². The van der Waals surface area contributed by atoms with Crippen molar-refractivity contribution < 1.29 is 19.1 Å². The van der Waals surface area contributed by atoms with Gasteiger partial charge in [-0.2, -0.15) is 0 Å². The van der Waals surface area contributed by atoms with Crippen LogP contribution < -0.4 is 20.3 Å². The van der Waals surface area contributed by atoms with Crippen LogP contribution in [0.4, 0.5) is 0 Å². The number of rotatable bonds is 7. The van der Waals surface area contributed by atoms with Crippen LogP contribution in [-0.4, -0.2) is 30.8 Å². The molecule has 0 aliphatic heterocycles. The summed E-state index contributed by atoms with van der Waals surface area (Å²) in [5.74, 6) is 0.195. The second-order valence-corrected chi connectivity index (χ2v) is 7.71. The van der Waals surface area contributed by atoms with Gasteiger partial charge in [-0.05, 0) is 54.0 Å². The third kappa shape index (κ3) is 5.90. The molecule has 0 bridgehead atoms. The quantitative estimate of drug-likeness (QED) is 0.493. The van der Waals surface area contributed by atoms with Crippen LogP contribution in [0, 0.1) is 0 Å². The fourth-order valence-corrected chi connectivity index (χ4v) is 3.63. The van der Waals surface area contributed by atoms with E-state index < -0.39 is 5.91 Å². The molecule has 0 spiro atoms. The number of nitrogens with one attached hydrogen (secondary N) is 2. The molecule has 0 radical (unpaired) electrons.